The third kappa shape index (κ3) is 6.43. The Hall–Kier alpha value is -1.21. The van der Waals surface area contributed by atoms with Gasteiger partial charge in [-0.3, -0.25) is 9.69 Å². The molecule has 0 bridgehead atoms. The van der Waals surface area contributed by atoms with Crippen LogP contribution in [0.25, 0.3) is 0 Å². The van der Waals surface area contributed by atoms with E-state index in [0.717, 1.165) is 11.1 Å². The maximum atomic E-state index is 11.5. The number of methoxy groups -OCH3 is 1. The number of hydrogen-bond acceptors (Lipinski definition) is 6. The Morgan fingerprint density at radius 1 is 1.30 bits per heavy atom. The summed E-state index contributed by atoms with van der Waals surface area (Å²) in [5.74, 6) is 0.475. The monoisotopic (exact) mass is 361 g/mol. The molecule has 1 atom stereocenters. The molecule has 0 aromatic heterocycles. The molecule has 0 radical (unpaired) electrons. The molecule has 0 saturated heterocycles. The molecule has 6 nitrogen and oxygen atoms in total. The molecule has 0 aliphatic heterocycles. The van der Waals surface area contributed by atoms with Crippen LogP contribution in [0.1, 0.15) is 11.1 Å². The van der Waals surface area contributed by atoms with Crippen LogP contribution in [-0.2, 0) is 22.5 Å². The summed E-state index contributed by atoms with van der Waals surface area (Å²) < 4.78 is 4.64. The maximum Gasteiger partial charge on any atom is 0.322 e. The molecular formula is C15H21Cl2N3O3. The Bertz CT molecular complexity index is 523. The lowest BCUT2D eigenvalue weighted by Gasteiger charge is -2.22. The molecule has 128 valence electrons. The lowest BCUT2D eigenvalue weighted by molar-refractivity contribution is -0.142. The van der Waals surface area contributed by atoms with Crippen LogP contribution >= 0.6 is 23.2 Å². The molecule has 2 N–H and O–H groups in total. The summed E-state index contributed by atoms with van der Waals surface area (Å²) in [5, 5.41) is 2.93. The quantitative estimate of drug-likeness (QED) is 0.393. The van der Waals surface area contributed by atoms with Crippen molar-refractivity contribution in [2.45, 2.75) is 19.0 Å². The van der Waals surface area contributed by atoms with Crippen LogP contribution in [-0.4, -0.2) is 48.9 Å². The number of halogens is 2. The lowest BCUT2D eigenvalue weighted by Crippen LogP contribution is -2.34. The van der Waals surface area contributed by atoms with Gasteiger partial charge in [-0.1, -0.05) is 6.07 Å². The van der Waals surface area contributed by atoms with Crippen molar-refractivity contribution in [1.82, 2.24) is 4.90 Å². The number of benzene rings is 1. The highest BCUT2D eigenvalue weighted by molar-refractivity contribution is 6.18. The van der Waals surface area contributed by atoms with Crippen molar-refractivity contribution in [3.8, 4) is 0 Å². The maximum absolute atomic E-state index is 11.5. The fourth-order valence-corrected chi connectivity index (χ4v) is 2.71. The second kappa shape index (κ2) is 10.5. The number of esters is 1. The minimum Gasteiger partial charge on any atom is -0.468 e. The predicted octanol–water partition coefficient (Wildman–Crippen LogP) is 2.41. The van der Waals surface area contributed by atoms with E-state index in [1.165, 1.54) is 7.11 Å². The van der Waals surface area contributed by atoms with Gasteiger partial charge in [0.15, 0.2) is 0 Å². The van der Waals surface area contributed by atoms with Crippen molar-refractivity contribution < 1.29 is 9.53 Å². The second-order valence-electron chi connectivity index (χ2n) is 5.03. The average molecular weight is 362 g/mol. The summed E-state index contributed by atoms with van der Waals surface area (Å²) in [6, 6.07) is 4.29. The molecule has 23 heavy (non-hydrogen) atoms. The van der Waals surface area contributed by atoms with Gasteiger partial charge in [-0.15, -0.1) is 28.1 Å². The number of nitrogens with zero attached hydrogens (tertiary/aromatic N) is 2. The highest BCUT2D eigenvalue weighted by atomic mass is 35.5. The number of nitrogens with two attached hydrogens (primary N) is 1. The molecule has 0 fully saturated rings. The largest absolute Gasteiger partial charge is 0.468 e. The number of nitroso groups, excluding NO2 is 1. The van der Waals surface area contributed by atoms with Crippen molar-refractivity contribution in [1.29, 1.82) is 0 Å². The molecule has 8 heteroatoms. The zero-order valence-electron chi connectivity index (χ0n) is 13.0. The normalized spacial score (nSPS) is 12.2. The minimum atomic E-state index is -0.796. The Morgan fingerprint density at radius 2 is 1.96 bits per heavy atom. The van der Waals surface area contributed by atoms with Crippen LogP contribution in [0.15, 0.2) is 23.4 Å². The molecule has 0 aliphatic carbocycles. The van der Waals surface area contributed by atoms with Gasteiger partial charge in [0.2, 0.25) is 0 Å². The van der Waals surface area contributed by atoms with Gasteiger partial charge < -0.3 is 10.5 Å². The van der Waals surface area contributed by atoms with Gasteiger partial charge in [0, 0.05) is 31.4 Å². The van der Waals surface area contributed by atoms with Gasteiger partial charge in [0.05, 0.1) is 7.11 Å². The van der Waals surface area contributed by atoms with E-state index in [0.29, 0.717) is 37.1 Å². The zero-order valence-corrected chi connectivity index (χ0v) is 14.5. The number of carbonyl (C=O) groups is 1. The molecule has 1 unspecified atom stereocenters. The smallest absolute Gasteiger partial charge is 0.322 e. The van der Waals surface area contributed by atoms with Gasteiger partial charge in [-0.25, -0.2) is 0 Å². The fraction of sp³-hybridized carbons (Fsp3) is 0.533. The highest BCUT2D eigenvalue weighted by Crippen LogP contribution is 2.21. The first-order chi connectivity index (χ1) is 11.0. The van der Waals surface area contributed by atoms with E-state index in [1.54, 1.807) is 12.1 Å². The topological polar surface area (TPSA) is 85.0 Å². The van der Waals surface area contributed by atoms with E-state index in [4.69, 9.17) is 28.9 Å². The Kier molecular flexibility index (Phi) is 9.09. The molecule has 0 heterocycles. The van der Waals surface area contributed by atoms with Crippen LogP contribution in [0.5, 0.6) is 0 Å². The summed E-state index contributed by atoms with van der Waals surface area (Å²) in [6.07, 6.45) is 0.265. The van der Waals surface area contributed by atoms with Gasteiger partial charge in [0.1, 0.15) is 11.7 Å². The van der Waals surface area contributed by atoms with Gasteiger partial charge >= 0.3 is 5.97 Å². The number of rotatable bonds is 10. The SMILES string of the molecule is COC(=O)C(N)Cc1cc(N=O)ccc1CN(CCCl)CCCl. The van der Waals surface area contributed by atoms with Crippen molar-refractivity contribution in [2.24, 2.45) is 10.9 Å². The van der Waals surface area contributed by atoms with Crippen LogP contribution in [0, 0.1) is 4.91 Å². The second-order valence-corrected chi connectivity index (χ2v) is 5.79. The Morgan fingerprint density at radius 3 is 2.48 bits per heavy atom. The molecule has 0 saturated carbocycles. The van der Waals surface area contributed by atoms with E-state index in [1.807, 2.05) is 6.07 Å². The van der Waals surface area contributed by atoms with Crippen molar-refractivity contribution in [2.75, 3.05) is 32.0 Å². The molecule has 0 aliphatic rings. The highest BCUT2D eigenvalue weighted by Gasteiger charge is 2.18. The summed E-state index contributed by atoms with van der Waals surface area (Å²) in [6.45, 7) is 1.97. The summed E-state index contributed by atoms with van der Waals surface area (Å²) in [5.41, 5.74) is 7.86. The first kappa shape index (κ1) is 19.8. The lowest BCUT2D eigenvalue weighted by atomic mass is 9.99. The molecule has 1 aromatic carbocycles. The van der Waals surface area contributed by atoms with Crippen LogP contribution in [0.3, 0.4) is 0 Å². The van der Waals surface area contributed by atoms with E-state index in [2.05, 4.69) is 14.8 Å². The van der Waals surface area contributed by atoms with Crippen LogP contribution in [0.2, 0.25) is 0 Å². The molecule has 0 spiro atoms. The molecule has 0 amide bonds. The first-order valence-corrected chi connectivity index (χ1v) is 8.25. The zero-order chi connectivity index (χ0) is 17.2. The van der Waals surface area contributed by atoms with E-state index >= 15 is 0 Å². The van der Waals surface area contributed by atoms with Crippen molar-refractivity contribution >= 4 is 34.9 Å². The number of carbonyl (C=O) groups excluding carboxylic acids is 1. The number of hydrogen-bond donors (Lipinski definition) is 1. The first-order valence-electron chi connectivity index (χ1n) is 7.18. The Balaban J connectivity index is 3.00. The van der Waals surface area contributed by atoms with Crippen LogP contribution < -0.4 is 5.73 Å². The standard InChI is InChI=1S/C15H21Cl2N3O3/c1-23-15(21)14(18)9-12-8-13(19-22)3-2-11(12)10-20(6-4-16)7-5-17/h2-3,8,14H,4-7,9-10,18H2,1H3. The van der Waals surface area contributed by atoms with Gasteiger partial charge in [0.25, 0.3) is 0 Å². The fourth-order valence-electron chi connectivity index (χ4n) is 2.23. The number of ether oxygens (including phenoxy) is 1. The van der Waals surface area contributed by atoms with E-state index in [-0.39, 0.29) is 6.42 Å². The molecular weight excluding hydrogens is 341 g/mol. The summed E-state index contributed by atoms with van der Waals surface area (Å²) in [4.78, 5) is 24.4. The van der Waals surface area contributed by atoms with Crippen molar-refractivity contribution in [3.05, 3.63) is 34.2 Å². The van der Waals surface area contributed by atoms with Crippen molar-refractivity contribution in [3.63, 3.8) is 0 Å². The number of alkyl halides is 2. The van der Waals surface area contributed by atoms with E-state index in [9.17, 15) is 9.70 Å². The van der Waals surface area contributed by atoms with Crippen LogP contribution in [0.4, 0.5) is 5.69 Å². The van der Waals surface area contributed by atoms with E-state index < -0.39 is 12.0 Å². The van der Waals surface area contributed by atoms with Gasteiger partial charge in [-0.05, 0) is 34.9 Å². The minimum absolute atomic E-state index is 0.265. The third-order valence-electron chi connectivity index (χ3n) is 3.43. The molecule has 1 rings (SSSR count). The van der Waals surface area contributed by atoms with Gasteiger partial charge in [-0.2, -0.15) is 0 Å². The Labute approximate surface area is 145 Å². The summed E-state index contributed by atoms with van der Waals surface area (Å²) >= 11 is 11.6. The molecule has 1 aromatic rings. The predicted molar refractivity (Wildman–Crippen MR) is 92.3 cm³/mol. The average Bonchev–Trinajstić information content (AvgIpc) is 2.55. The summed E-state index contributed by atoms with van der Waals surface area (Å²) in [7, 11) is 1.29. The third-order valence-corrected chi connectivity index (χ3v) is 3.77.